The van der Waals surface area contributed by atoms with Gasteiger partial charge >= 0.3 is 5.97 Å². The first kappa shape index (κ1) is 17.6. The van der Waals surface area contributed by atoms with Gasteiger partial charge in [0.2, 0.25) is 5.91 Å². The number of nitrogens with one attached hydrogen (secondary N) is 1. The third-order valence-corrected chi connectivity index (χ3v) is 3.52. The highest BCUT2D eigenvalue weighted by atomic mass is 32.1. The fourth-order valence-corrected chi connectivity index (χ4v) is 2.35. The van der Waals surface area contributed by atoms with E-state index in [9.17, 15) is 9.59 Å². The number of carboxylic acid groups (broad SMARTS) is 1. The third kappa shape index (κ3) is 7.75. The number of carboxylic acids is 1. The molecule has 0 aliphatic carbocycles. The summed E-state index contributed by atoms with van der Waals surface area (Å²) in [5.41, 5.74) is 1.31. The molecule has 4 nitrogen and oxygen atoms in total. The van der Waals surface area contributed by atoms with E-state index in [1.165, 1.54) is 5.56 Å². The van der Waals surface area contributed by atoms with Gasteiger partial charge in [-0.25, -0.2) is 4.79 Å². The summed E-state index contributed by atoms with van der Waals surface area (Å²) < 4.78 is 0. The summed E-state index contributed by atoms with van der Waals surface area (Å²) in [6.07, 6.45) is 4.53. The third-order valence-electron chi connectivity index (χ3n) is 3.26. The zero-order chi connectivity index (χ0) is 15.5. The first-order valence-electron chi connectivity index (χ1n) is 7.30. The van der Waals surface area contributed by atoms with Crippen LogP contribution in [-0.4, -0.2) is 28.8 Å². The van der Waals surface area contributed by atoms with Crippen LogP contribution in [0.4, 0.5) is 0 Å². The Morgan fingerprint density at radius 2 is 1.86 bits per heavy atom. The second-order valence-electron chi connectivity index (χ2n) is 5.02. The zero-order valence-electron chi connectivity index (χ0n) is 12.1. The summed E-state index contributed by atoms with van der Waals surface area (Å²) >= 11 is 4.00. The average molecular weight is 309 g/mol. The lowest BCUT2D eigenvalue weighted by molar-refractivity contribution is -0.141. The highest BCUT2D eigenvalue weighted by Gasteiger charge is 2.18. The van der Waals surface area contributed by atoms with Gasteiger partial charge in [-0.15, -0.1) is 0 Å². The molecule has 0 unspecified atom stereocenters. The topological polar surface area (TPSA) is 66.4 Å². The van der Waals surface area contributed by atoms with E-state index in [1.807, 2.05) is 18.2 Å². The summed E-state index contributed by atoms with van der Waals surface area (Å²) in [5.74, 6) is -0.751. The Balaban J connectivity index is 2.14. The summed E-state index contributed by atoms with van der Waals surface area (Å²) in [7, 11) is 0. The van der Waals surface area contributed by atoms with Crippen molar-refractivity contribution >= 4 is 24.5 Å². The fourth-order valence-electron chi connectivity index (χ4n) is 2.09. The molecule has 116 valence electrons. The predicted molar refractivity (Wildman–Crippen MR) is 86.7 cm³/mol. The number of aryl methyl sites for hydroxylation is 1. The summed E-state index contributed by atoms with van der Waals surface area (Å²) in [6, 6.07) is 9.42. The molecule has 0 aliphatic rings. The molecule has 2 N–H and O–H groups in total. The fraction of sp³-hybridized carbons (Fsp3) is 0.500. The van der Waals surface area contributed by atoms with Gasteiger partial charge in [0.1, 0.15) is 6.04 Å². The molecule has 0 aromatic heterocycles. The van der Waals surface area contributed by atoms with Gasteiger partial charge < -0.3 is 10.4 Å². The van der Waals surface area contributed by atoms with Gasteiger partial charge in [0.25, 0.3) is 0 Å². The second-order valence-corrected chi connectivity index (χ2v) is 5.46. The van der Waals surface area contributed by atoms with Crippen LogP contribution in [0.1, 0.15) is 37.7 Å². The molecule has 0 bridgehead atoms. The molecular formula is C16H23NO3S. The zero-order valence-corrected chi connectivity index (χ0v) is 13.0. The van der Waals surface area contributed by atoms with Gasteiger partial charge in [0.05, 0.1) is 0 Å². The van der Waals surface area contributed by atoms with Gasteiger partial charge in [-0.3, -0.25) is 4.79 Å². The Morgan fingerprint density at radius 3 is 2.48 bits per heavy atom. The number of amides is 1. The molecule has 1 aromatic carbocycles. The number of thiol groups is 1. The molecule has 0 spiro atoms. The normalized spacial score (nSPS) is 11.9. The van der Waals surface area contributed by atoms with Crippen LogP contribution in [0.25, 0.3) is 0 Å². The van der Waals surface area contributed by atoms with Crippen molar-refractivity contribution in [3.63, 3.8) is 0 Å². The number of unbranched alkanes of at least 4 members (excludes halogenated alkanes) is 2. The van der Waals surface area contributed by atoms with E-state index in [1.54, 1.807) is 0 Å². The van der Waals surface area contributed by atoms with Crippen LogP contribution >= 0.6 is 12.6 Å². The Kier molecular flexibility index (Phi) is 8.59. The minimum absolute atomic E-state index is 0.191. The van der Waals surface area contributed by atoms with Gasteiger partial charge in [-0.2, -0.15) is 12.6 Å². The number of carbonyl (C=O) groups is 2. The molecule has 5 heteroatoms. The standard InChI is InChI=1S/C16H23NO3S/c18-15(17-14(11-12-21)16(19)20)10-6-2-5-9-13-7-3-1-4-8-13/h1,3-4,7-8,14,21H,2,5-6,9-12H2,(H,17,18)(H,19,20)/t14-/m0/s1. The van der Waals surface area contributed by atoms with Crippen LogP contribution < -0.4 is 5.32 Å². The lowest BCUT2D eigenvalue weighted by atomic mass is 10.1. The van der Waals surface area contributed by atoms with E-state index in [4.69, 9.17) is 5.11 Å². The quantitative estimate of drug-likeness (QED) is 0.460. The van der Waals surface area contributed by atoms with Crippen LogP contribution in [0.15, 0.2) is 30.3 Å². The summed E-state index contributed by atoms with van der Waals surface area (Å²) in [6.45, 7) is 0. The maximum Gasteiger partial charge on any atom is 0.326 e. The van der Waals surface area contributed by atoms with Crippen LogP contribution in [0.2, 0.25) is 0 Å². The van der Waals surface area contributed by atoms with Gasteiger partial charge in [-0.05, 0) is 37.0 Å². The maximum absolute atomic E-state index is 11.7. The lowest BCUT2D eigenvalue weighted by Gasteiger charge is -2.13. The molecule has 1 aromatic rings. The molecule has 1 atom stereocenters. The summed E-state index contributed by atoms with van der Waals surface area (Å²) in [4.78, 5) is 22.6. The number of hydrogen-bond acceptors (Lipinski definition) is 3. The Bertz CT molecular complexity index is 436. The van der Waals surface area contributed by atoms with E-state index in [0.29, 0.717) is 18.6 Å². The molecule has 0 aliphatic heterocycles. The van der Waals surface area contributed by atoms with E-state index >= 15 is 0 Å². The Hall–Kier alpha value is -1.49. The molecule has 0 saturated heterocycles. The van der Waals surface area contributed by atoms with Gasteiger partial charge in [0.15, 0.2) is 0 Å². The molecular weight excluding hydrogens is 286 g/mol. The highest BCUT2D eigenvalue weighted by molar-refractivity contribution is 7.80. The minimum Gasteiger partial charge on any atom is -0.480 e. The smallest absolute Gasteiger partial charge is 0.326 e. The molecule has 0 saturated carbocycles. The predicted octanol–water partition coefficient (Wildman–Crippen LogP) is 2.68. The van der Waals surface area contributed by atoms with Crippen LogP contribution in [-0.2, 0) is 16.0 Å². The van der Waals surface area contributed by atoms with E-state index in [0.717, 1.165) is 25.7 Å². The number of rotatable bonds is 10. The number of aliphatic carboxylic acids is 1. The van der Waals surface area contributed by atoms with Crippen molar-refractivity contribution in [3.05, 3.63) is 35.9 Å². The van der Waals surface area contributed by atoms with Crippen LogP contribution in [0.5, 0.6) is 0 Å². The van der Waals surface area contributed by atoms with Crippen molar-refractivity contribution in [3.8, 4) is 0 Å². The average Bonchev–Trinajstić information content (AvgIpc) is 2.47. The van der Waals surface area contributed by atoms with E-state index in [2.05, 4.69) is 30.1 Å². The number of benzene rings is 1. The van der Waals surface area contributed by atoms with Crippen molar-refractivity contribution in [1.82, 2.24) is 5.32 Å². The van der Waals surface area contributed by atoms with Crippen molar-refractivity contribution in [2.75, 3.05) is 5.75 Å². The molecule has 21 heavy (non-hydrogen) atoms. The van der Waals surface area contributed by atoms with Crippen molar-refractivity contribution in [2.45, 2.75) is 44.6 Å². The monoisotopic (exact) mass is 309 g/mol. The second kappa shape index (κ2) is 10.3. The highest BCUT2D eigenvalue weighted by Crippen LogP contribution is 2.08. The van der Waals surface area contributed by atoms with E-state index < -0.39 is 12.0 Å². The van der Waals surface area contributed by atoms with Crippen LogP contribution in [0.3, 0.4) is 0 Å². The van der Waals surface area contributed by atoms with Crippen molar-refractivity contribution < 1.29 is 14.7 Å². The Morgan fingerprint density at radius 1 is 1.14 bits per heavy atom. The molecule has 0 radical (unpaired) electrons. The molecule has 1 amide bonds. The van der Waals surface area contributed by atoms with E-state index in [-0.39, 0.29) is 5.91 Å². The number of carbonyl (C=O) groups excluding carboxylic acids is 1. The lowest BCUT2D eigenvalue weighted by Crippen LogP contribution is -2.40. The first-order valence-corrected chi connectivity index (χ1v) is 7.93. The van der Waals surface area contributed by atoms with Crippen molar-refractivity contribution in [2.24, 2.45) is 0 Å². The van der Waals surface area contributed by atoms with Gasteiger partial charge in [0, 0.05) is 6.42 Å². The molecule has 0 heterocycles. The summed E-state index contributed by atoms with van der Waals surface area (Å²) in [5, 5.41) is 11.5. The van der Waals surface area contributed by atoms with Crippen LogP contribution in [0, 0.1) is 0 Å². The largest absolute Gasteiger partial charge is 0.480 e. The minimum atomic E-state index is -0.999. The SMILES string of the molecule is O=C(CCCCCc1ccccc1)N[C@@H](CCS)C(=O)O. The molecule has 0 fully saturated rings. The van der Waals surface area contributed by atoms with Gasteiger partial charge in [-0.1, -0.05) is 36.8 Å². The van der Waals surface area contributed by atoms with Crippen molar-refractivity contribution in [1.29, 1.82) is 0 Å². The maximum atomic E-state index is 11.7. The number of hydrogen-bond donors (Lipinski definition) is 3. The molecule has 1 rings (SSSR count). The first-order chi connectivity index (χ1) is 10.1. The Labute approximate surface area is 131 Å².